The highest BCUT2D eigenvalue weighted by Gasteiger charge is 2.63. The van der Waals surface area contributed by atoms with Crippen LogP contribution in [-0.4, -0.2) is 47.4 Å². The molecule has 6 nitrogen and oxygen atoms in total. The van der Waals surface area contributed by atoms with Gasteiger partial charge < -0.3 is 14.6 Å². The van der Waals surface area contributed by atoms with Crippen molar-refractivity contribution in [1.82, 2.24) is 5.01 Å². The van der Waals surface area contributed by atoms with E-state index in [-0.39, 0.29) is 16.5 Å². The largest absolute Gasteiger partial charge is 0.497 e. The van der Waals surface area contributed by atoms with Crippen molar-refractivity contribution in [3.8, 4) is 11.5 Å². The minimum atomic E-state index is -5.11. The van der Waals surface area contributed by atoms with Crippen molar-refractivity contribution in [2.75, 3.05) is 13.7 Å². The molecule has 154 valence electrons. The molecule has 0 spiro atoms. The highest BCUT2D eigenvalue weighted by Crippen LogP contribution is 2.41. The maximum Gasteiger partial charge on any atom is 0.438 e. The molecule has 0 bridgehead atoms. The second-order valence-corrected chi connectivity index (χ2v) is 7.13. The molecule has 0 aliphatic carbocycles. The summed E-state index contributed by atoms with van der Waals surface area (Å²) >= 11 is 3.24. The van der Waals surface area contributed by atoms with Crippen molar-refractivity contribution in [2.24, 2.45) is 5.10 Å². The lowest BCUT2D eigenvalue weighted by atomic mass is 10.0. The van der Waals surface area contributed by atoms with E-state index in [4.69, 9.17) is 9.47 Å². The molecule has 1 aliphatic heterocycles. The van der Waals surface area contributed by atoms with E-state index in [1.165, 1.54) is 19.2 Å². The van der Waals surface area contributed by atoms with Crippen LogP contribution in [0.3, 0.4) is 0 Å². The second kappa shape index (κ2) is 8.03. The van der Waals surface area contributed by atoms with E-state index in [2.05, 4.69) is 21.0 Å². The Balaban J connectivity index is 1.81. The molecule has 1 amide bonds. The van der Waals surface area contributed by atoms with Crippen LogP contribution in [0, 0.1) is 0 Å². The van der Waals surface area contributed by atoms with Crippen LogP contribution in [0.15, 0.2) is 58.1 Å². The van der Waals surface area contributed by atoms with Gasteiger partial charge in [-0.15, -0.1) is 0 Å². The van der Waals surface area contributed by atoms with Gasteiger partial charge in [0.15, 0.2) is 6.61 Å². The van der Waals surface area contributed by atoms with Gasteiger partial charge in [-0.2, -0.15) is 23.3 Å². The lowest BCUT2D eigenvalue weighted by Crippen LogP contribution is -2.57. The van der Waals surface area contributed by atoms with E-state index < -0.39 is 30.8 Å². The highest BCUT2D eigenvalue weighted by atomic mass is 79.9. The van der Waals surface area contributed by atoms with E-state index in [1.54, 1.807) is 36.4 Å². The Hall–Kier alpha value is -2.59. The van der Waals surface area contributed by atoms with Crippen molar-refractivity contribution >= 4 is 27.5 Å². The first kappa shape index (κ1) is 21.1. The third kappa shape index (κ3) is 4.38. The smallest absolute Gasteiger partial charge is 0.438 e. The number of carbonyl (C=O) groups is 1. The summed E-state index contributed by atoms with van der Waals surface area (Å²) in [6.07, 6.45) is -5.99. The van der Waals surface area contributed by atoms with Crippen molar-refractivity contribution in [2.45, 2.75) is 18.3 Å². The van der Waals surface area contributed by atoms with Crippen LogP contribution >= 0.6 is 15.9 Å². The van der Waals surface area contributed by atoms with E-state index in [9.17, 15) is 23.1 Å². The van der Waals surface area contributed by atoms with Crippen LogP contribution in [0.5, 0.6) is 11.5 Å². The number of rotatable bonds is 5. The molecule has 3 rings (SSSR count). The Morgan fingerprint density at radius 1 is 1.17 bits per heavy atom. The van der Waals surface area contributed by atoms with Gasteiger partial charge in [-0.05, 0) is 42.0 Å². The average Bonchev–Trinajstić information content (AvgIpc) is 3.06. The van der Waals surface area contributed by atoms with Crippen LogP contribution in [0.25, 0.3) is 0 Å². The van der Waals surface area contributed by atoms with Crippen molar-refractivity contribution in [1.29, 1.82) is 0 Å². The molecular formula is C19H16BrF3N2O4. The van der Waals surface area contributed by atoms with E-state index >= 15 is 0 Å². The van der Waals surface area contributed by atoms with Crippen LogP contribution in [0.4, 0.5) is 13.2 Å². The van der Waals surface area contributed by atoms with Gasteiger partial charge in [0.2, 0.25) is 0 Å². The third-order valence-corrected chi connectivity index (χ3v) is 4.80. The number of benzene rings is 2. The van der Waals surface area contributed by atoms with Gasteiger partial charge in [0.05, 0.1) is 19.2 Å². The summed E-state index contributed by atoms with van der Waals surface area (Å²) in [5.74, 6) is -0.322. The SMILES string of the molecule is COc1ccc(OCC(=O)N2N=C(c3ccc(Br)cc3)C[C@@]2(O)C(F)(F)F)cc1. The molecule has 1 N–H and O–H groups in total. The van der Waals surface area contributed by atoms with Crippen LogP contribution in [0.1, 0.15) is 12.0 Å². The zero-order chi connectivity index (χ0) is 21.2. The molecule has 2 aromatic rings. The van der Waals surface area contributed by atoms with Crippen molar-refractivity contribution in [3.63, 3.8) is 0 Å². The molecule has 0 unspecified atom stereocenters. The predicted octanol–water partition coefficient (Wildman–Crippen LogP) is 3.72. The van der Waals surface area contributed by atoms with Gasteiger partial charge in [-0.1, -0.05) is 28.1 Å². The minimum absolute atomic E-state index is 0.0495. The molecule has 1 atom stereocenters. The fraction of sp³-hybridized carbons (Fsp3) is 0.263. The summed E-state index contributed by atoms with van der Waals surface area (Å²) in [7, 11) is 1.48. The Bertz CT molecular complexity index is 917. The number of hydrogen-bond acceptors (Lipinski definition) is 5. The van der Waals surface area contributed by atoms with Gasteiger partial charge in [0.25, 0.3) is 11.6 Å². The van der Waals surface area contributed by atoms with Gasteiger partial charge >= 0.3 is 6.18 Å². The van der Waals surface area contributed by atoms with Crippen LogP contribution in [0.2, 0.25) is 0 Å². The standard InChI is InChI=1S/C19H16BrF3N2O4/c1-28-14-6-8-15(9-7-14)29-11-17(26)25-18(27,19(21,22)23)10-16(24-25)12-2-4-13(20)5-3-12/h2-9,27H,10-11H2,1H3/t18-/m1/s1. The summed E-state index contributed by atoms with van der Waals surface area (Å²) in [4.78, 5) is 12.4. The fourth-order valence-electron chi connectivity index (χ4n) is 2.71. The quantitative estimate of drug-likeness (QED) is 0.719. The number of alkyl halides is 3. The number of hydrogen-bond donors (Lipinski definition) is 1. The predicted molar refractivity (Wildman–Crippen MR) is 102 cm³/mol. The molecule has 1 heterocycles. The molecule has 0 radical (unpaired) electrons. The first-order chi connectivity index (χ1) is 13.6. The number of amides is 1. The summed E-state index contributed by atoms with van der Waals surface area (Å²) in [5.41, 5.74) is -3.15. The van der Waals surface area contributed by atoms with Gasteiger partial charge in [-0.3, -0.25) is 4.79 Å². The first-order valence-corrected chi connectivity index (χ1v) is 9.16. The molecule has 1 aliphatic rings. The first-order valence-electron chi connectivity index (χ1n) is 8.36. The summed E-state index contributed by atoms with van der Waals surface area (Å²) < 4.78 is 51.7. The van der Waals surface area contributed by atoms with Gasteiger partial charge in [0, 0.05) is 4.47 Å². The molecule has 0 aromatic heterocycles. The van der Waals surface area contributed by atoms with Gasteiger partial charge in [0.1, 0.15) is 11.5 Å². The second-order valence-electron chi connectivity index (χ2n) is 6.21. The maximum atomic E-state index is 13.6. The van der Waals surface area contributed by atoms with E-state index in [0.29, 0.717) is 11.3 Å². The van der Waals surface area contributed by atoms with Crippen LogP contribution < -0.4 is 9.47 Å². The Labute approximate surface area is 172 Å². The Kier molecular flexibility index (Phi) is 5.85. The molecule has 0 saturated carbocycles. The minimum Gasteiger partial charge on any atom is -0.497 e. The molecular weight excluding hydrogens is 457 g/mol. The third-order valence-electron chi connectivity index (χ3n) is 4.27. The zero-order valence-corrected chi connectivity index (χ0v) is 16.7. The summed E-state index contributed by atoms with van der Waals surface area (Å²) in [5, 5.41) is 14.1. The Morgan fingerprint density at radius 3 is 2.31 bits per heavy atom. The summed E-state index contributed by atoms with van der Waals surface area (Å²) in [6, 6.07) is 12.5. The van der Waals surface area contributed by atoms with Crippen molar-refractivity contribution < 1.29 is 32.5 Å². The molecule has 2 aromatic carbocycles. The number of hydrazone groups is 1. The average molecular weight is 473 g/mol. The Morgan fingerprint density at radius 2 is 1.76 bits per heavy atom. The molecule has 0 fully saturated rings. The normalized spacial score (nSPS) is 19.1. The highest BCUT2D eigenvalue weighted by molar-refractivity contribution is 9.10. The topological polar surface area (TPSA) is 71.4 Å². The molecule has 29 heavy (non-hydrogen) atoms. The van der Waals surface area contributed by atoms with E-state index in [0.717, 1.165) is 4.47 Å². The summed E-state index contributed by atoms with van der Waals surface area (Å²) in [6.45, 7) is -0.734. The monoisotopic (exact) mass is 472 g/mol. The van der Waals surface area contributed by atoms with E-state index in [1.807, 2.05) is 0 Å². The fourth-order valence-corrected chi connectivity index (χ4v) is 2.97. The number of methoxy groups -OCH3 is 1. The lowest BCUT2D eigenvalue weighted by Gasteiger charge is -2.32. The van der Waals surface area contributed by atoms with Gasteiger partial charge in [-0.25, -0.2) is 0 Å². The number of ether oxygens (including phenoxy) is 2. The lowest BCUT2D eigenvalue weighted by molar-refractivity contribution is -0.302. The number of carbonyl (C=O) groups excluding carboxylic acids is 1. The van der Waals surface area contributed by atoms with Crippen LogP contribution in [-0.2, 0) is 4.79 Å². The zero-order valence-electron chi connectivity index (χ0n) is 15.1. The molecule has 10 heteroatoms. The number of nitrogens with zero attached hydrogens (tertiary/aromatic N) is 2. The molecule has 0 saturated heterocycles. The van der Waals surface area contributed by atoms with Crippen molar-refractivity contribution in [3.05, 3.63) is 58.6 Å². The number of halogens is 4. The number of aliphatic hydroxyl groups is 1. The maximum absolute atomic E-state index is 13.6.